The molecule has 0 saturated heterocycles. The van der Waals surface area contributed by atoms with Crippen LogP contribution in [-0.4, -0.2) is 140 Å². The minimum atomic E-state index is -1.78. The first-order valence-electron chi connectivity index (χ1n) is 17.6. The first kappa shape index (κ1) is 48.6. The van der Waals surface area contributed by atoms with Gasteiger partial charge in [-0.1, -0.05) is 13.8 Å². The summed E-state index contributed by atoms with van der Waals surface area (Å²) in [7, 11) is 0. The van der Waals surface area contributed by atoms with E-state index in [-0.39, 0.29) is 56.9 Å². The summed E-state index contributed by atoms with van der Waals surface area (Å²) in [6.45, 7) is 1.64. The molecule has 7 amide bonds. The lowest BCUT2D eigenvalue weighted by molar-refractivity contribution is -0.143. The molecule has 0 fully saturated rings. The Kier molecular flexibility index (Phi) is 21.3. The van der Waals surface area contributed by atoms with Crippen molar-refractivity contribution in [1.82, 2.24) is 41.9 Å². The van der Waals surface area contributed by atoms with Crippen molar-refractivity contribution in [2.75, 3.05) is 19.7 Å². The van der Waals surface area contributed by atoms with Crippen LogP contribution in [0.25, 0.3) is 0 Å². The maximum absolute atomic E-state index is 13.8. The lowest BCUT2D eigenvalue weighted by Crippen LogP contribution is -2.59. The number of aliphatic imine (C=N–C) groups is 1. The molecule has 0 aliphatic carbocycles. The van der Waals surface area contributed by atoms with Crippen molar-refractivity contribution in [3.63, 3.8) is 0 Å². The van der Waals surface area contributed by atoms with Crippen molar-refractivity contribution >= 4 is 59.2 Å². The number of carbonyl (C=O) groups is 9. The number of primary amides is 1. The van der Waals surface area contributed by atoms with E-state index in [1.54, 1.807) is 13.8 Å². The van der Waals surface area contributed by atoms with Gasteiger partial charge in [0.1, 0.15) is 30.2 Å². The van der Waals surface area contributed by atoms with Crippen LogP contribution in [0.2, 0.25) is 0 Å². The Hall–Kier alpha value is -6.37. The molecule has 0 saturated carbocycles. The second-order valence-electron chi connectivity index (χ2n) is 13.2. The van der Waals surface area contributed by atoms with Gasteiger partial charge in [-0.3, -0.25) is 43.3 Å². The number of carboxylic acid groups (broad SMARTS) is 2. The SMILES string of the molecule is CC(C)C[C@H](NC(=O)[C@H](CCCN=C(N)N)NC(=O)[C@H](Cc1cnc[nH]1)NC(=O)[C@@H](N)CCC(N)=O)C(=O)N[C@@H](CC(=O)O)C(=O)NCC(=O)N[C@@H](CO)C(=O)O. The van der Waals surface area contributed by atoms with Crippen molar-refractivity contribution < 1.29 is 58.5 Å². The standard InChI is InChI=1S/C32H53N13O12/c1-15(2)8-19(29(54)45-21(10-25(49)50)27(52)39-12-24(48)41-22(13-46)31(56)57)44-28(53)18(4-3-7-38-32(35)36)42-30(55)20(9-16-11-37-14-40-16)43-26(51)17(33)5-6-23(34)47/h11,14-15,17-22,46H,3-10,12-13,33H2,1-2H3,(H2,34,47)(H,37,40)(H,39,52)(H,41,48)(H,42,55)(H,43,51)(H,44,53)(H,45,54)(H,49,50)(H,56,57)(H4,35,36,38)/t17-,18-,19-,20-,21-,22-/m0/s1. The largest absolute Gasteiger partial charge is 0.481 e. The van der Waals surface area contributed by atoms with Crippen molar-refractivity contribution in [1.29, 1.82) is 0 Å². The van der Waals surface area contributed by atoms with E-state index in [0.29, 0.717) is 5.69 Å². The highest BCUT2D eigenvalue weighted by Gasteiger charge is 2.33. The molecule has 0 aliphatic rings. The zero-order valence-corrected chi connectivity index (χ0v) is 31.5. The van der Waals surface area contributed by atoms with Crippen LogP contribution >= 0.6 is 0 Å². The minimum absolute atomic E-state index is 0.0296. The van der Waals surface area contributed by atoms with Crippen LogP contribution in [0.4, 0.5) is 0 Å². The Morgan fingerprint density at radius 2 is 1.39 bits per heavy atom. The number of aromatic nitrogens is 2. The van der Waals surface area contributed by atoms with Gasteiger partial charge in [0, 0.05) is 31.3 Å². The highest BCUT2D eigenvalue weighted by Crippen LogP contribution is 2.10. The molecule has 0 aromatic carbocycles. The molecule has 0 unspecified atom stereocenters. The molecule has 318 valence electrons. The number of carboxylic acids is 2. The van der Waals surface area contributed by atoms with Gasteiger partial charge in [-0.25, -0.2) is 9.78 Å². The Morgan fingerprint density at radius 1 is 0.789 bits per heavy atom. The van der Waals surface area contributed by atoms with Gasteiger partial charge in [0.25, 0.3) is 0 Å². The predicted octanol–water partition coefficient (Wildman–Crippen LogP) is -6.26. The smallest absolute Gasteiger partial charge is 0.328 e. The van der Waals surface area contributed by atoms with Crippen molar-refractivity contribution in [2.24, 2.45) is 33.8 Å². The first-order valence-corrected chi connectivity index (χ1v) is 17.6. The minimum Gasteiger partial charge on any atom is -0.481 e. The van der Waals surface area contributed by atoms with E-state index in [1.807, 2.05) is 5.32 Å². The summed E-state index contributed by atoms with van der Waals surface area (Å²) in [5.74, 6) is -10.0. The van der Waals surface area contributed by atoms with E-state index >= 15 is 0 Å². The van der Waals surface area contributed by atoms with Gasteiger partial charge in [-0.2, -0.15) is 0 Å². The molecule has 1 rings (SSSR count). The summed E-state index contributed by atoms with van der Waals surface area (Å²) in [5.41, 5.74) is 22.3. The number of aromatic amines is 1. The molecule has 25 nitrogen and oxygen atoms in total. The van der Waals surface area contributed by atoms with Crippen LogP contribution in [0.15, 0.2) is 17.5 Å². The van der Waals surface area contributed by atoms with Gasteiger partial charge in [0.15, 0.2) is 5.96 Å². The summed E-state index contributed by atoms with van der Waals surface area (Å²) in [4.78, 5) is 123. The maximum Gasteiger partial charge on any atom is 0.328 e. The second-order valence-corrected chi connectivity index (χ2v) is 13.2. The molecule has 57 heavy (non-hydrogen) atoms. The molecule has 0 radical (unpaired) electrons. The number of aliphatic carboxylic acids is 2. The summed E-state index contributed by atoms with van der Waals surface area (Å²) in [6.07, 6.45) is 1.30. The van der Waals surface area contributed by atoms with Crippen molar-refractivity contribution in [3.05, 3.63) is 18.2 Å². The number of rotatable bonds is 27. The fraction of sp³-hybridized carbons (Fsp3) is 0.594. The van der Waals surface area contributed by atoms with E-state index in [0.717, 1.165) is 0 Å². The maximum atomic E-state index is 13.8. The van der Waals surface area contributed by atoms with Gasteiger partial charge in [0.05, 0.1) is 31.9 Å². The summed E-state index contributed by atoms with van der Waals surface area (Å²) in [5, 5.41) is 41.4. The summed E-state index contributed by atoms with van der Waals surface area (Å²) < 4.78 is 0. The molecule has 18 N–H and O–H groups in total. The average Bonchev–Trinajstić information content (AvgIpc) is 3.64. The van der Waals surface area contributed by atoms with Gasteiger partial charge in [-0.05, 0) is 31.6 Å². The highest BCUT2D eigenvalue weighted by molar-refractivity contribution is 5.97. The third-order valence-corrected chi connectivity index (χ3v) is 7.82. The Balaban J connectivity index is 3.30. The number of hydrogen-bond donors (Lipinski definition) is 14. The molecule has 1 aromatic rings. The van der Waals surface area contributed by atoms with Crippen LogP contribution in [-0.2, 0) is 49.6 Å². The third-order valence-electron chi connectivity index (χ3n) is 7.82. The Morgan fingerprint density at radius 3 is 1.93 bits per heavy atom. The number of nitrogens with two attached hydrogens (primary N) is 4. The molecule has 0 spiro atoms. The number of H-pyrrole nitrogens is 1. The number of nitrogens with zero attached hydrogens (tertiary/aromatic N) is 2. The van der Waals surface area contributed by atoms with Crippen LogP contribution in [0.3, 0.4) is 0 Å². The fourth-order valence-electron chi connectivity index (χ4n) is 4.93. The molecule has 1 heterocycles. The molecular weight excluding hydrogens is 758 g/mol. The van der Waals surface area contributed by atoms with E-state index in [4.69, 9.17) is 33.1 Å². The van der Waals surface area contributed by atoms with Crippen molar-refractivity contribution in [3.8, 4) is 0 Å². The van der Waals surface area contributed by atoms with Gasteiger partial charge >= 0.3 is 11.9 Å². The lowest BCUT2D eigenvalue weighted by Gasteiger charge is -2.27. The molecule has 0 bridgehead atoms. The monoisotopic (exact) mass is 811 g/mol. The summed E-state index contributed by atoms with van der Waals surface area (Å²) >= 11 is 0. The lowest BCUT2D eigenvalue weighted by atomic mass is 10.0. The number of guanidine groups is 1. The van der Waals surface area contributed by atoms with Gasteiger partial charge in [0.2, 0.25) is 41.4 Å². The summed E-state index contributed by atoms with van der Waals surface area (Å²) in [6, 6.07) is -8.81. The predicted molar refractivity (Wildman–Crippen MR) is 198 cm³/mol. The molecular formula is C32H53N13O12. The van der Waals surface area contributed by atoms with Crippen LogP contribution in [0.5, 0.6) is 0 Å². The molecule has 6 atom stereocenters. The second kappa shape index (κ2) is 24.9. The fourth-order valence-corrected chi connectivity index (χ4v) is 4.93. The zero-order valence-electron chi connectivity index (χ0n) is 31.5. The van der Waals surface area contributed by atoms with E-state index < -0.39 is 109 Å². The highest BCUT2D eigenvalue weighted by atomic mass is 16.4. The zero-order chi connectivity index (χ0) is 43.2. The topological polar surface area (TPSA) is 432 Å². The van der Waals surface area contributed by atoms with E-state index in [1.165, 1.54) is 12.5 Å². The number of aliphatic hydroxyl groups excluding tert-OH is 1. The number of hydrogen-bond acceptors (Lipinski definition) is 13. The number of carbonyl (C=O) groups excluding carboxylic acids is 7. The third kappa shape index (κ3) is 19.7. The van der Waals surface area contributed by atoms with Crippen LogP contribution in [0.1, 0.15) is 58.1 Å². The molecule has 0 aliphatic heterocycles. The normalized spacial score (nSPS) is 14.0. The van der Waals surface area contributed by atoms with Crippen LogP contribution < -0.4 is 54.8 Å². The molecule has 25 heteroatoms. The molecule has 1 aromatic heterocycles. The number of amides is 7. The Bertz CT molecular complexity index is 1580. The van der Waals surface area contributed by atoms with Gasteiger partial charge < -0.3 is 75.1 Å². The van der Waals surface area contributed by atoms with Gasteiger partial charge in [-0.15, -0.1) is 0 Å². The quantitative estimate of drug-likeness (QED) is 0.0223. The number of nitrogens with one attached hydrogen (secondary N) is 7. The van der Waals surface area contributed by atoms with E-state index in [9.17, 15) is 48.3 Å². The van der Waals surface area contributed by atoms with E-state index in [2.05, 4.69) is 41.5 Å². The van der Waals surface area contributed by atoms with Crippen molar-refractivity contribution in [2.45, 2.75) is 95.0 Å². The van der Waals surface area contributed by atoms with Crippen LogP contribution in [0, 0.1) is 5.92 Å². The first-order chi connectivity index (χ1) is 26.7. The Labute approximate surface area is 326 Å². The number of imidazole rings is 1. The average molecular weight is 812 g/mol. The number of aliphatic hydroxyl groups is 1.